The fourth-order valence-electron chi connectivity index (χ4n) is 1.92. The first-order valence-corrected chi connectivity index (χ1v) is 7.32. The van der Waals surface area contributed by atoms with E-state index in [9.17, 15) is 13.6 Å². The lowest BCUT2D eigenvalue weighted by Gasteiger charge is -2.09. The van der Waals surface area contributed by atoms with Crippen LogP contribution in [0.5, 0.6) is 11.5 Å². The Labute approximate surface area is 143 Å². The van der Waals surface area contributed by atoms with Gasteiger partial charge < -0.3 is 14.8 Å². The fourth-order valence-corrected chi connectivity index (χ4v) is 1.92. The van der Waals surface area contributed by atoms with Gasteiger partial charge in [0.15, 0.2) is 0 Å². The average Bonchev–Trinajstić information content (AvgIpc) is 2.61. The highest BCUT2D eigenvalue weighted by Gasteiger charge is 2.04. The van der Waals surface area contributed by atoms with Crippen molar-refractivity contribution in [3.8, 4) is 11.5 Å². The summed E-state index contributed by atoms with van der Waals surface area (Å²) in [5.41, 5.74) is 3.68. The van der Waals surface area contributed by atoms with Gasteiger partial charge in [0.25, 0.3) is 5.91 Å². The van der Waals surface area contributed by atoms with Gasteiger partial charge in [-0.3, -0.25) is 4.79 Å². The number of rotatable bonds is 8. The van der Waals surface area contributed by atoms with E-state index in [0.29, 0.717) is 17.0 Å². The molecule has 0 heterocycles. The predicted molar refractivity (Wildman–Crippen MR) is 90.3 cm³/mol. The van der Waals surface area contributed by atoms with E-state index in [4.69, 9.17) is 4.74 Å². The van der Waals surface area contributed by atoms with Crippen molar-refractivity contribution in [1.29, 1.82) is 0 Å². The van der Waals surface area contributed by atoms with Gasteiger partial charge in [-0.25, -0.2) is 5.43 Å². The molecule has 2 rings (SSSR count). The molecule has 0 saturated heterocycles. The van der Waals surface area contributed by atoms with Crippen molar-refractivity contribution in [2.75, 3.05) is 19.0 Å². The number of ether oxygens (including phenoxy) is 2. The van der Waals surface area contributed by atoms with Crippen LogP contribution in [-0.2, 0) is 4.79 Å². The van der Waals surface area contributed by atoms with Crippen LogP contribution in [0.15, 0.2) is 53.6 Å². The van der Waals surface area contributed by atoms with E-state index in [1.807, 2.05) is 12.1 Å². The lowest BCUT2D eigenvalue weighted by Crippen LogP contribution is -2.26. The van der Waals surface area contributed by atoms with Crippen LogP contribution in [-0.4, -0.2) is 32.4 Å². The summed E-state index contributed by atoms with van der Waals surface area (Å²) in [6.45, 7) is -2.85. The van der Waals surface area contributed by atoms with Gasteiger partial charge in [0, 0.05) is 0 Å². The third-order valence-corrected chi connectivity index (χ3v) is 3.05. The number of methoxy groups -OCH3 is 1. The molecule has 0 unspecified atom stereocenters. The zero-order valence-corrected chi connectivity index (χ0v) is 13.4. The topological polar surface area (TPSA) is 72.0 Å². The summed E-state index contributed by atoms with van der Waals surface area (Å²) in [5, 5.41) is 6.74. The number of carbonyl (C=O) groups is 1. The van der Waals surface area contributed by atoms with Gasteiger partial charge in [-0.1, -0.05) is 12.1 Å². The quantitative estimate of drug-likeness (QED) is 0.568. The molecule has 1 amide bonds. The van der Waals surface area contributed by atoms with E-state index >= 15 is 0 Å². The molecule has 2 aromatic carbocycles. The van der Waals surface area contributed by atoms with Crippen molar-refractivity contribution in [2.45, 2.75) is 6.61 Å². The molecule has 0 spiro atoms. The zero-order valence-electron chi connectivity index (χ0n) is 13.4. The number of nitrogens with one attached hydrogen (secondary N) is 2. The number of halogens is 2. The average molecular weight is 349 g/mol. The number of benzene rings is 2. The first-order chi connectivity index (χ1) is 12.1. The Morgan fingerprint density at radius 2 is 1.92 bits per heavy atom. The Bertz CT molecular complexity index is 721. The van der Waals surface area contributed by atoms with Gasteiger partial charge in [0.05, 0.1) is 25.6 Å². The predicted octanol–water partition coefficient (Wildman–Crippen LogP) is 2.86. The molecule has 25 heavy (non-hydrogen) atoms. The number of hydrogen-bond donors (Lipinski definition) is 2. The summed E-state index contributed by atoms with van der Waals surface area (Å²) in [7, 11) is 1.54. The number of nitrogens with zero attached hydrogens (tertiary/aromatic N) is 1. The van der Waals surface area contributed by atoms with E-state index < -0.39 is 6.61 Å². The molecular formula is C17H17F2N3O3. The second-order valence-electron chi connectivity index (χ2n) is 4.79. The zero-order chi connectivity index (χ0) is 18.1. The van der Waals surface area contributed by atoms with Crippen LogP contribution in [0.2, 0.25) is 0 Å². The number of amides is 1. The summed E-state index contributed by atoms with van der Waals surface area (Å²) in [5.74, 6) is 0.335. The third-order valence-electron chi connectivity index (χ3n) is 3.05. The summed E-state index contributed by atoms with van der Waals surface area (Å²) in [4.78, 5) is 11.8. The number of hydrogen-bond acceptors (Lipinski definition) is 5. The highest BCUT2D eigenvalue weighted by Crippen LogP contribution is 2.22. The van der Waals surface area contributed by atoms with E-state index in [1.165, 1.54) is 18.3 Å². The smallest absolute Gasteiger partial charge is 0.387 e. The van der Waals surface area contributed by atoms with Crippen molar-refractivity contribution in [2.24, 2.45) is 5.10 Å². The molecule has 0 aromatic heterocycles. The largest absolute Gasteiger partial charge is 0.495 e. The lowest BCUT2D eigenvalue weighted by atomic mass is 10.2. The SMILES string of the molecule is COc1ccccc1NCC(=O)N/N=C\c1ccc(OC(F)F)cc1. The van der Waals surface area contributed by atoms with Gasteiger partial charge >= 0.3 is 6.61 Å². The minimum atomic E-state index is -2.87. The molecule has 0 aliphatic rings. The molecule has 0 aliphatic carbocycles. The molecule has 0 aliphatic heterocycles. The molecule has 0 fully saturated rings. The maximum atomic E-state index is 12.0. The Morgan fingerprint density at radius 3 is 2.60 bits per heavy atom. The fraction of sp³-hybridized carbons (Fsp3) is 0.176. The maximum absolute atomic E-state index is 12.0. The second-order valence-corrected chi connectivity index (χ2v) is 4.79. The van der Waals surface area contributed by atoms with Crippen LogP contribution in [0, 0.1) is 0 Å². The van der Waals surface area contributed by atoms with Crippen LogP contribution in [0.1, 0.15) is 5.56 Å². The van der Waals surface area contributed by atoms with Gasteiger partial charge in [0.2, 0.25) is 0 Å². The monoisotopic (exact) mass is 349 g/mol. The van der Waals surface area contributed by atoms with E-state index in [-0.39, 0.29) is 18.2 Å². The lowest BCUT2D eigenvalue weighted by molar-refractivity contribution is -0.119. The van der Waals surface area contributed by atoms with Crippen LogP contribution in [0.4, 0.5) is 14.5 Å². The van der Waals surface area contributed by atoms with Crippen LogP contribution in [0.3, 0.4) is 0 Å². The van der Waals surface area contributed by atoms with E-state index in [0.717, 1.165) is 0 Å². The molecule has 8 heteroatoms. The minimum absolute atomic E-state index is 0.0128. The second kappa shape index (κ2) is 9.21. The molecule has 2 aromatic rings. The molecule has 0 bridgehead atoms. The van der Waals surface area contributed by atoms with Crippen molar-refractivity contribution in [3.63, 3.8) is 0 Å². The van der Waals surface area contributed by atoms with Gasteiger partial charge in [-0.05, 0) is 42.0 Å². The molecule has 6 nitrogen and oxygen atoms in total. The van der Waals surface area contributed by atoms with Crippen LogP contribution < -0.4 is 20.2 Å². The van der Waals surface area contributed by atoms with Gasteiger partial charge in [0.1, 0.15) is 11.5 Å². The minimum Gasteiger partial charge on any atom is -0.495 e. The molecule has 132 valence electrons. The third kappa shape index (κ3) is 6.09. The van der Waals surface area contributed by atoms with E-state index in [2.05, 4.69) is 20.6 Å². The number of anilines is 1. The van der Waals surface area contributed by atoms with Crippen molar-refractivity contribution in [1.82, 2.24) is 5.43 Å². The first-order valence-electron chi connectivity index (χ1n) is 7.32. The number of hydrazone groups is 1. The van der Waals surface area contributed by atoms with Crippen LogP contribution in [0.25, 0.3) is 0 Å². The maximum Gasteiger partial charge on any atom is 0.387 e. The standard InChI is InChI=1S/C17H17F2N3O3/c1-24-15-5-3-2-4-14(15)20-11-16(23)22-21-10-12-6-8-13(9-7-12)25-17(18)19/h2-10,17,20H,11H2,1H3,(H,22,23)/b21-10-. The number of para-hydroxylation sites is 2. The number of alkyl halides is 2. The highest BCUT2D eigenvalue weighted by molar-refractivity contribution is 5.84. The molecule has 0 atom stereocenters. The summed E-state index contributed by atoms with van der Waals surface area (Å²) >= 11 is 0. The van der Waals surface area contributed by atoms with Crippen molar-refractivity contribution >= 4 is 17.8 Å². The van der Waals surface area contributed by atoms with Crippen molar-refractivity contribution in [3.05, 3.63) is 54.1 Å². The highest BCUT2D eigenvalue weighted by atomic mass is 19.3. The van der Waals surface area contributed by atoms with Crippen molar-refractivity contribution < 1.29 is 23.0 Å². The molecule has 2 N–H and O–H groups in total. The van der Waals surface area contributed by atoms with E-state index in [1.54, 1.807) is 31.4 Å². The van der Waals surface area contributed by atoms with Crippen LogP contribution >= 0.6 is 0 Å². The van der Waals surface area contributed by atoms with Gasteiger partial charge in [-0.2, -0.15) is 13.9 Å². The summed E-state index contributed by atoms with van der Waals surface area (Å²) in [6.07, 6.45) is 1.40. The number of carbonyl (C=O) groups excluding carboxylic acids is 1. The Kier molecular flexibility index (Phi) is 6.70. The summed E-state index contributed by atoms with van der Waals surface area (Å²) < 4.78 is 33.5. The molecular weight excluding hydrogens is 332 g/mol. The Hall–Kier alpha value is -3.16. The van der Waals surface area contributed by atoms with Gasteiger partial charge in [-0.15, -0.1) is 0 Å². The molecule has 0 radical (unpaired) electrons. The first kappa shape index (κ1) is 18.2. The normalized spacial score (nSPS) is 10.7. The Morgan fingerprint density at radius 1 is 1.20 bits per heavy atom. The molecule has 0 saturated carbocycles. The summed E-state index contributed by atoms with van der Waals surface area (Å²) in [6, 6.07) is 13.1. The Balaban J connectivity index is 1.80.